The van der Waals surface area contributed by atoms with Crippen molar-refractivity contribution in [2.75, 3.05) is 14.1 Å². The van der Waals surface area contributed by atoms with E-state index in [-0.39, 0.29) is 5.91 Å². The molecule has 0 bridgehead atoms. The normalized spacial score (nSPS) is 9.35. The molecule has 0 aliphatic heterocycles. The zero-order valence-corrected chi connectivity index (χ0v) is 16.0. The zero-order valence-electron chi connectivity index (χ0n) is 14.4. The molecule has 6 heteroatoms. The van der Waals surface area contributed by atoms with E-state index in [1.54, 1.807) is 0 Å². The number of para-hydroxylation sites is 1. The lowest BCUT2D eigenvalue weighted by Gasteiger charge is -2.08. The van der Waals surface area contributed by atoms with Crippen LogP contribution in [0.3, 0.4) is 0 Å². The van der Waals surface area contributed by atoms with Gasteiger partial charge >= 0.3 is 0 Å². The number of fused-ring (bicyclic) bond motifs is 1. The molecule has 1 aromatic heterocycles. The van der Waals surface area contributed by atoms with Gasteiger partial charge in [-0.3, -0.25) is 14.5 Å². The maximum Gasteiger partial charge on any atom is 0.229 e. The summed E-state index contributed by atoms with van der Waals surface area (Å²) in [6, 6.07) is 6.08. The summed E-state index contributed by atoms with van der Waals surface area (Å²) >= 11 is 3.50. The number of hydrogen-bond acceptors (Lipinski definition) is 3. The number of nitrogens with one attached hydrogen (secondary N) is 1. The van der Waals surface area contributed by atoms with Gasteiger partial charge in [-0.25, -0.2) is 0 Å². The minimum absolute atomic E-state index is 0.177. The molecule has 2 aromatic rings. The van der Waals surface area contributed by atoms with Crippen molar-refractivity contribution in [3.8, 4) is 0 Å². The number of nitrogens with two attached hydrogens (primary N) is 1. The van der Waals surface area contributed by atoms with Crippen molar-refractivity contribution in [3.05, 3.63) is 33.9 Å². The van der Waals surface area contributed by atoms with Gasteiger partial charge in [0.1, 0.15) is 0 Å². The standard InChI is InChI=1S/C14H15BrN2O2.C2H6.CH5N/c1-9-4-3-5-10-11(14(15)16-13(9)10)6-7-12(19)17(2)8-18;2*1-2/h3-5,8,16H,6-7H2,1-2H3;1-2H3;2H2,1H3. The second-order valence-corrected chi connectivity index (χ2v) is 5.32. The number of hydrogen-bond donors (Lipinski definition) is 2. The van der Waals surface area contributed by atoms with Crippen LogP contribution >= 0.6 is 15.9 Å². The number of nitrogens with zero attached hydrogens (tertiary/aromatic N) is 1. The van der Waals surface area contributed by atoms with Crippen molar-refractivity contribution in [1.29, 1.82) is 0 Å². The minimum Gasteiger partial charge on any atom is -0.349 e. The van der Waals surface area contributed by atoms with Crippen LogP contribution in [0.2, 0.25) is 0 Å². The summed E-state index contributed by atoms with van der Waals surface area (Å²) in [5.74, 6) is -0.177. The maximum atomic E-state index is 11.7. The monoisotopic (exact) mass is 383 g/mol. The van der Waals surface area contributed by atoms with Crippen LogP contribution in [0.15, 0.2) is 22.8 Å². The number of rotatable bonds is 4. The Morgan fingerprint density at radius 2 is 1.96 bits per heavy atom. The minimum atomic E-state index is -0.177. The van der Waals surface area contributed by atoms with Crippen molar-refractivity contribution >= 4 is 39.2 Å². The second-order valence-electron chi connectivity index (χ2n) is 4.53. The average molecular weight is 384 g/mol. The summed E-state index contributed by atoms with van der Waals surface area (Å²) in [7, 11) is 2.98. The molecule has 0 saturated carbocycles. The highest BCUT2D eigenvalue weighted by atomic mass is 79.9. The molecule has 0 spiro atoms. The van der Waals surface area contributed by atoms with E-state index < -0.39 is 0 Å². The molecule has 0 aliphatic carbocycles. The first-order valence-electron chi connectivity index (χ1n) is 7.59. The van der Waals surface area contributed by atoms with Gasteiger partial charge in [0, 0.05) is 24.4 Å². The summed E-state index contributed by atoms with van der Waals surface area (Å²) in [5.41, 5.74) is 7.83. The van der Waals surface area contributed by atoms with Gasteiger partial charge in [-0.05, 0) is 47.4 Å². The van der Waals surface area contributed by atoms with E-state index >= 15 is 0 Å². The van der Waals surface area contributed by atoms with Gasteiger partial charge in [-0.2, -0.15) is 0 Å². The number of H-pyrrole nitrogens is 1. The summed E-state index contributed by atoms with van der Waals surface area (Å²) in [4.78, 5) is 26.5. The van der Waals surface area contributed by atoms with Crippen molar-refractivity contribution in [2.45, 2.75) is 33.6 Å². The molecule has 0 saturated heterocycles. The molecule has 1 heterocycles. The number of aromatic nitrogens is 1. The third kappa shape index (κ3) is 5.48. The van der Waals surface area contributed by atoms with Crippen LogP contribution in [0.25, 0.3) is 10.9 Å². The number of amides is 2. The van der Waals surface area contributed by atoms with Crippen LogP contribution in [0.4, 0.5) is 0 Å². The Kier molecular flexibility index (Phi) is 10.2. The predicted molar refractivity (Wildman–Crippen MR) is 99.4 cm³/mol. The van der Waals surface area contributed by atoms with E-state index in [0.717, 1.165) is 26.0 Å². The number of carbonyl (C=O) groups is 2. The molecule has 5 nitrogen and oxygen atoms in total. The number of aryl methyl sites for hydroxylation is 2. The van der Waals surface area contributed by atoms with E-state index in [4.69, 9.17) is 0 Å². The van der Waals surface area contributed by atoms with Crippen LogP contribution < -0.4 is 5.73 Å². The number of halogens is 1. The van der Waals surface area contributed by atoms with E-state index in [9.17, 15) is 9.59 Å². The number of carbonyl (C=O) groups excluding carboxylic acids is 2. The van der Waals surface area contributed by atoms with E-state index in [0.29, 0.717) is 19.3 Å². The molecular weight excluding hydrogens is 358 g/mol. The highest BCUT2D eigenvalue weighted by Gasteiger charge is 2.14. The molecule has 2 amide bonds. The van der Waals surface area contributed by atoms with Crippen LogP contribution in [0, 0.1) is 6.92 Å². The average Bonchev–Trinajstić information content (AvgIpc) is 2.92. The van der Waals surface area contributed by atoms with Crippen molar-refractivity contribution < 1.29 is 9.59 Å². The van der Waals surface area contributed by atoms with Gasteiger partial charge < -0.3 is 10.7 Å². The molecule has 128 valence electrons. The van der Waals surface area contributed by atoms with Gasteiger partial charge in [0.25, 0.3) is 0 Å². The fourth-order valence-electron chi connectivity index (χ4n) is 2.10. The van der Waals surface area contributed by atoms with E-state index in [1.165, 1.54) is 19.7 Å². The first-order valence-corrected chi connectivity index (χ1v) is 8.38. The Hall–Kier alpha value is -1.66. The van der Waals surface area contributed by atoms with Gasteiger partial charge in [-0.1, -0.05) is 32.0 Å². The van der Waals surface area contributed by atoms with Gasteiger partial charge in [0.2, 0.25) is 12.3 Å². The lowest BCUT2D eigenvalue weighted by Crippen LogP contribution is -2.25. The van der Waals surface area contributed by atoms with Crippen LogP contribution in [-0.2, 0) is 16.0 Å². The smallest absolute Gasteiger partial charge is 0.229 e. The highest BCUT2D eigenvalue weighted by molar-refractivity contribution is 9.10. The summed E-state index contributed by atoms with van der Waals surface area (Å²) in [5, 5.41) is 1.12. The molecule has 0 aliphatic rings. The van der Waals surface area contributed by atoms with Crippen LogP contribution in [0.1, 0.15) is 31.4 Å². The Morgan fingerprint density at radius 1 is 1.35 bits per heavy atom. The fraction of sp³-hybridized carbons (Fsp3) is 0.412. The Bertz CT molecular complexity index is 638. The molecule has 0 fully saturated rings. The summed E-state index contributed by atoms with van der Waals surface area (Å²) < 4.78 is 0.901. The molecular formula is C17H26BrN3O2. The Balaban J connectivity index is 0.00000112. The topological polar surface area (TPSA) is 79.2 Å². The van der Waals surface area contributed by atoms with Gasteiger partial charge in [0.15, 0.2) is 0 Å². The van der Waals surface area contributed by atoms with Crippen molar-refractivity contribution in [3.63, 3.8) is 0 Å². The fourth-order valence-corrected chi connectivity index (χ4v) is 2.71. The largest absolute Gasteiger partial charge is 0.349 e. The number of benzene rings is 1. The predicted octanol–water partition coefficient (Wildman–Crippen LogP) is 3.39. The molecule has 23 heavy (non-hydrogen) atoms. The van der Waals surface area contributed by atoms with Crippen molar-refractivity contribution in [2.24, 2.45) is 5.73 Å². The first-order chi connectivity index (χ1) is 11.0. The molecule has 0 radical (unpaired) electrons. The molecule has 1 aromatic carbocycles. The van der Waals surface area contributed by atoms with Crippen LogP contribution in [-0.4, -0.2) is 36.3 Å². The van der Waals surface area contributed by atoms with E-state index in [1.807, 2.05) is 39.0 Å². The summed E-state index contributed by atoms with van der Waals surface area (Å²) in [6.45, 7) is 6.04. The van der Waals surface area contributed by atoms with Crippen LogP contribution in [0.5, 0.6) is 0 Å². The summed E-state index contributed by atoms with van der Waals surface area (Å²) in [6.07, 6.45) is 1.45. The number of imide groups is 1. The first kappa shape index (κ1) is 21.3. The third-order valence-electron chi connectivity index (χ3n) is 3.24. The maximum absolute atomic E-state index is 11.7. The Morgan fingerprint density at radius 3 is 2.52 bits per heavy atom. The van der Waals surface area contributed by atoms with Gasteiger partial charge in [0.05, 0.1) is 4.60 Å². The third-order valence-corrected chi connectivity index (χ3v) is 3.91. The molecule has 3 N–H and O–H groups in total. The quantitative estimate of drug-likeness (QED) is 0.794. The number of aromatic amines is 1. The zero-order chi connectivity index (χ0) is 18.0. The second kappa shape index (κ2) is 11.0. The highest BCUT2D eigenvalue weighted by Crippen LogP contribution is 2.29. The lowest BCUT2D eigenvalue weighted by atomic mass is 10.1. The molecule has 0 unspecified atom stereocenters. The Labute approximate surface area is 146 Å². The van der Waals surface area contributed by atoms with Gasteiger partial charge in [-0.15, -0.1) is 0 Å². The van der Waals surface area contributed by atoms with E-state index in [2.05, 4.69) is 26.6 Å². The molecule has 0 atom stereocenters. The SMILES string of the molecule is CC.CN.Cc1cccc2c(CCC(=O)N(C)C=O)c(Br)[nH]c12. The van der Waals surface area contributed by atoms with Crippen molar-refractivity contribution in [1.82, 2.24) is 9.88 Å². The lowest BCUT2D eigenvalue weighted by molar-refractivity contribution is -0.136. The molecule has 2 rings (SSSR count).